The average molecular weight is 316 g/mol. The van der Waals surface area contributed by atoms with Crippen molar-refractivity contribution in [2.75, 3.05) is 18.9 Å². The molecule has 0 saturated heterocycles. The minimum Gasteiger partial charge on any atom is -0.360 e. The number of amides is 2. The summed E-state index contributed by atoms with van der Waals surface area (Å²) in [5.74, 6) is 0.378. The Morgan fingerprint density at radius 2 is 2.04 bits per heavy atom. The summed E-state index contributed by atoms with van der Waals surface area (Å²) in [6, 6.07) is 10.6. The Morgan fingerprint density at radius 1 is 1.35 bits per heavy atom. The van der Waals surface area contributed by atoms with Crippen molar-refractivity contribution in [3.05, 3.63) is 47.7 Å². The Balaban J connectivity index is 1.83. The summed E-state index contributed by atoms with van der Waals surface area (Å²) in [6.45, 7) is 1.65. The van der Waals surface area contributed by atoms with Crippen LogP contribution in [0.15, 0.2) is 40.9 Å². The van der Waals surface area contributed by atoms with Crippen molar-refractivity contribution in [1.29, 1.82) is 0 Å². The lowest BCUT2D eigenvalue weighted by Gasteiger charge is -2.19. The number of carbonyl (C=O) groups is 2. The van der Waals surface area contributed by atoms with Crippen molar-refractivity contribution >= 4 is 17.6 Å². The molecule has 0 saturated carbocycles. The number of hydrogen-bond donors (Lipinski definition) is 2. The molecule has 2 amide bonds. The van der Waals surface area contributed by atoms with Gasteiger partial charge in [0.05, 0.1) is 6.54 Å². The maximum atomic E-state index is 12.2. The molecular formula is C16H20N4O3. The second-order valence-electron chi connectivity index (χ2n) is 5.34. The fourth-order valence-electron chi connectivity index (χ4n) is 2.07. The van der Waals surface area contributed by atoms with Crippen LogP contribution >= 0.6 is 0 Å². The molecule has 0 fully saturated rings. The number of nitrogens with zero attached hydrogens (tertiary/aromatic N) is 2. The van der Waals surface area contributed by atoms with Crippen LogP contribution in [-0.2, 0) is 9.59 Å². The highest BCUT2D eigenvalue weighted by Gasteiger charge is 2.17. The van der Waals surface area contributed by atoms with Gasteiger partial charge in [-0.1, -0.05) is 35.5 Å². The van der Waals surface area contributed by atoms with E-state index in [4.69, 9.17) is 10.3 Å². The number of hydrogen-bond acceptors (Lipinski definition) is 5. The second-order valence-corrected chi connectivity index (χ2v) is 5.34. The molecule has 7 heteroatoms. The van der Waals surface area contributed by atoms with E-state index in [0.29, 0.717) is 11.6 Å². The number of aryl methyl sites for hydroxylation is 1. The van der Waals surface area contributed by atoms with Crippen LogP contribution in [0.4, 0.5) is 5.82 Å². The molecule has 0 bridgehead atoms. The molecule has 7 nitrogen and oxygen atoms in total. The maximum Gasteiger partial charge on any atom is 0.245 e. The fourth-order valence-corrected chi connectivity index (χ4v) is 2.07. The van der Waals surface area contributed by atoms with Crippen LogP contribution < -0.4 is 11.1 Å². The molecule has 1 unspecified atom stereocenters. The number of benzene rings is 1. The molecule has 0 aliphatic rings. The molecule has 1 aromatic carbocycles. The number of anilines is 1. The van der Waals surface area contributed by atoms with Crippen molar-refractivity contribution in [1.82, 2.24) is 10.1 Å². The van der Waals surface area contributed by atoms with Gasteiger partial charge in [-0.2, -0.15) is 0 Å². The van der Waals surface area contributed by atoms with E-state index in [-0.39, 0.29) is 24.8 Å². The van der Waals surface area contributed by atoms with Crippen molar-refractivity contribution < 1.29 is 14.1 Å². The second kappa shape index (κ2) is 7.55. The van der Waals surface area contributed by atoms with Gasteiger partial charge in [0.15, 0.2) is 5.82 Å². The number of nitrogens with two attached hydrogens (primary N) is 1. The number of aromatic nitrogens is 1. The lowest BCUT2D eigenvalue weighted by molar-refractivity contribution is -0.133. The predicted molar refractivity (Wildman–Crippen MR) is 85.5 cm³/mol. The smallest absolute Gasteiger partial charge is 0.245 e. The first-order valence-electron chi connectivity index (χ1n) is 7.23. The summed E-state index contributed by atoms with van der Waals surface area (Å²) in [6.07, 6.45) is 0.136. The van der Waals surface area contributed by atoms with E-state index in [0.717, 1.165) is 5.56 Å². The molecule has 1 heterocycles. The molecule has 0 aliphatic carbocycles. The van der Waals surface area contributed by atoms with E-state index in [1.165, 1.54) is 4.90 Å². The van der Waals surface area contributed by atoms with Crippen LogP contribution in [0.1, 0.15) is 23.8 Å². The van der Waals surface area contributed by atoms with E-state index in [9.17, 15) is 9.59 Å². The number of nitrogens with one attached hydrogen (secondary N) is 1. The van der Waals surface area contributed by atoms with Gasteiger partial charge in [-0.25, -0.2) is 0 Å². The first-order valence-corrected chi connectivity index (χ1v) is 7.23. The van der Waals surface area contributed by atoms with E-state index in [2.05, 4.69) is 10.5 Å². The average Bonchev–Trinajstić information content (AvgIpc) is 2.92. The Bertz CT molecular complexity index is 669. The molecule has 0 aliphatic heterocycles. The third-order valence-corrected chi connectivity index (χ3v) is 3.32. The third kappa shape index (κ3) is 4.93. The first kappa shape index (κ1) is 16.7. The topological polar surface area (TPSA) is 101 Å². The molecule has 1 aromatic heterocycles. The van der Waals surface area contributed by atoms with Gasteiger partial charge in [-0.05, 0) is 12.5 Å². The van der Waals surface area contributed by atoms with Crippen molar-refractivity contribution in [3.63, 3.8) is 0 Å². The first-order chi connectivity index (χ1) is 11.0. The molecule has 1 atom stereocenters. The zero-order chi connectivity index (χ0) is 16.8. The normalized spacial score (nSPS) is 11.8. The monoisotopic (exact) mass is 316 g/mol. The molecule has 2 rings (SSSR count). The fraction of sp³-hybridized carbons (Fsp3) is 0.312. The predicted octanol–water partition coefficient (Wildman–Crippen LogP) is 1.47. The Morgan fingerprint density at radius 3 is 2.65 bits per heavy atom. The van der Waals surface area contributed by atoms with Gasteiger partial charge in [0.1, 0.15) is 5.76 Å². The summed E-state index contributed by atoms with van der Waals surface area (Å²) in [5.41, 5.74) is 6.91. The Hall–Kier alpha value is -2.67. The summed E-state index contributed by atoms with van der Waals surface area (Å²) in [7, 11) is 1.56. The van der Waals surface area contributed by atoms with Crippen LogP contribution in [0.25, 0.3) is 0 Å². The van der Waals surface area contributed by atoms with Gasteiger partial charge in [-0.15, -0.1) is 0 Å². The van der Waals surface area contributed by atoms with Crippen molar-refractivity contribution in [2.45, 2.75) is 19.4 Å². The summed E-state index contributed by atoms with van der Waals surface area (Å²) >= 11 is 0. The number of rotatable bonds is 6. The largest absolute Gasteiger partial charge is 0.360 e. The summed E-state index contributed by atoms with van der Waals surface area (Å²) < 4.78 is 4.86. The van der Waals surface area contributed by atoms with Crippen LogP contribution in [0, 0.1) is 6.92 Å². The van der Waals surface area contributed by atoms with Gasteiger partial charge in [0.2, 0.25) is 11.8 Å². The van der Waals surface area contributed by atoms with Crippen molar-refractivity contribution in [3.8, 4) is 0 Å². The highest BCUT2D eigenvalue weighted by atomic mass is 16.5. The minimum absolute atomic E-state index is 0.0771. The zero-order valence-electron chi connectivity index (χ0n) is 13.2. The van der Waals surface area contributed by atoms with E-state index in [1.54, 1.807) is 20.0 Å². The standard InChI is InChI=1S/C16H20N4O3/c1-11-8-14(19-23-11)18-15(21)10-20(2)16(22)9-13(17)12-6-4-3-5-7-12/h3-8,13H,9-10,17H2,1-2H3,(H,18,19,21). The van der Waals surface area contributed by atoms with Crippen molar-refractivity contribution in [2.24, 2.45) is 5.73 Å². The molecule has 3 N–H and O–H groups in total. The Kier molecular flexibility index (Phi) is 5.48. The molecule has 23 heavy (non-hydrogen) atoms. The minimum atomic E-state index is -0.396. The molecule has 2 aromatic rings. The van der Waals surface area contributed by atoms with Crippen LogP contribution in [0.5, 0.6) is 0 Å². The van der Waals surface area contributed by atoms with Crippen LogP contribution in [-0.4, -0.2) is 35.5 Å². The lowest BCUT2D eigenvalue weighted by atomic mass is 10.0. The van der Waals surface area contributed by atoms with Gasteiger partial charge in [0.25, 0.3) is 0 Å². The van der Waals surface area contributed by atoms with Gasteiger partial charge in [0, 0.05) is 25.6 Å². The highest BCUT2D eigenvalue weighted by molar-refractivity contribution is 5.93. The molecule has 0 radical (unpaired) electrons. The SMILES string of the molecule is Cc1cc(NC(=O)CN(C)C(=O)CC(N)c2ccccc2)no1. The van der Waals surface area contributed by atoms with E-state index < -0.39 is 6.04 Å². The molecule has 122 valence electrons. The molecule has 0 spiro atoms. The van der Waals surface area contributed by atoms with Crippen LogP contribution in [0.3, 0.4) is 0 Å². The van der Waals surface area contributed by atoms with E-state index in [1.807, 2.05) is 30.3 Å². The number of likely N-dealkylation sites (N-methyl/N-ethyl adjacent to an activating group) is 1. The van der Waals surface area contributed by atoms with E-state index >= 15 is 0 Å². The molecular weight excluding hydrogens is 296 g/mol. The summed E-state index contributed by atoms with van der Waals surface area (Å²) in [5, 5.41) is 6.23. The van der Waals surface area contributed by atoms with Crippen LogP contribution in [0.2, 0.25) is 0 Å². The highest BCUT2D eigenvalue weighted by Crippen LogP contribution is 2.14. The quantitative estimate of drug-likeness (QED) is 0.840. The van der Waals surface area contributed by atoms with Gasteiger partial charge < -0.3 is 20.5 Å². The summed E-state index contributed by atoms with van der Waals surface area (Å²) in [4.78, 5) is 25.4. The third-order valence-electron chi connectivity index (χ3n) is 3.32. The Labute approximate surface area is 134 Å². The van der Waals surface area contributed by atoms with Gasteiger partial charge >= 0.3 is 0 Å². The zero-order valence-corrected chi connectivity index (χ0v) is 13.2. The van der Waals surface area contributed by atoms with Gasteiger partial charge in [-0.3, -0.25) is 9.59 Å². The number of carbonyl (C=O) groups excluding carboxylic acids is 2. The maximum absolute atomic E-state index is 12.2. The lowest BCUT2D eigenvalue weighted by Crippen LogP contribution is -2.36.